The Labute approximate surface area is 110 Å². The summed E-state index contributed by atoms with van der Waals surface area (Å²) in [7, 11) is 0. The zero-order valence-corrected chi connectivity index (χ0v) is 11.4. The van der Waals surface area contributed by atoms with Gasteiger partial charge in [0.05, 0.1) is 0 Å². The Morgan fingerprint density at radius 2 is 2.12 bits per heavy atom. The molecule has 1 heterocycles. The highest BCUT2D eigenvalue weighted by molar-refractivity contribution is 9.10. The summed E-state index contributed by atoms with van der Waals surface area (Å²) >= 11 is 3.44. The van der Waals surface area contributed by atoms with Gasteiger partial charge in [0.2, 0.25) is 0 Å². The van der Waals surface area contributed by atoms with Crippen LogP contribution in [0.5, 0.6) is 0 Å². The molecule has 4 heteroatoms. The van der Waals surface area contributed by atoms with E-state index in [2.05, 4.69) is 33.4 Å². The molecule has 0 saturated carbocycles. The number of urea groups is 1. The standard InChI is InChI=1S/C13H17BrN2O/c14-12-5-3-4-11(10-12)6-7-15-13(17)16-8-1-2-9-16/h3-5,10H,1-2,6-9H2,(H,15,17). The van der Waals surface area contributed by atoms with Crippen molar-refractivity contribution < 1.29 is 4.79 Å². The van der Waals surface area contributed by atoms with Gasteiger partial charge in [-0.2, -0.15) is 0 Å². The van der Waals surface area contributed by atoms with Crippen LogP contribution in [-0.2, 0) is 6.42 Å². The number of rotatable bonds is 3. The van der Waals surface area contributed by atoms with E-state index in [-0.39, 0.29) is 6.03 Å². The van der Waals surface area contributed by atoms with Crippen molar-refractivity contribution >= 4 is 22.0 Å². The fraction of sp³-hybridized carbons (Fsp3) is 0.462. The summed E-state index contributed by atoms with van der Waals surface area (Å²) in [6.07, 6.45) is 3.15. The highest BCUT2D eigenvalue weighted by Gasteiger charge is 2.16. The van der Waals surface area contributed by atoms with Crippen molar-refractivity contribution in [1.29, 1.82) is 0 Å². The van der Waals surface area contributed by atoms with Crippen LogP contribution in [0.2, 0.25) is 0 Å². The molecule has 92 valence electrons. The van der Waals surface area contributed by atoms with Crippen molar-refractivity contribution in [2.75, 3.05) is 19.6 Å². The molecule has 3 nitrogen and oxygen atoms in total. The largest absolute Gasteiger partial charge is 0.338 e. The maximum absolute atomic E-state index is 11.7. The summed E-state index contributed by atoms with van der Waals surface area (Å²) in [5.74, 6) is 0. The summed E-state index contributed by atoms with van der Waals surface area (Å²) in [6.45, 7) is 2.51. The summed E-state index contributed by atoms with van der Waals surface area (Å²) in [4.78, 5) is 13.6. The van der Waals surface area contributed by atoms with Gasteiger partial charge < -0.3 is 10.2 Å². The van der Waals surface area contributed by atoms with Crippen LogP contribution in [0.3, 0.4) is 0 Å². The Morgan fingerprint density at radius 3 is 2.82 bits per heavy atom. The van der Waals surface area contributed by atoms with Crippen LogP contribution < -0.4 is 5.32 Å². The van der Waals surface area contributed by atoms with Crippen LogP contribution in [-0.4, -0.2) is 30.6 Å². The minimum atomic E-state index is 0.0810. The SMILES string of the molecule is O=C(NCCc1cccc(Br)c1)N1CCCC1. The maximum Gasteiger partial charge on any atom is 0.317 e. The number of benzene rings is 1. The zero-order chi connectivity index (χ0) is 12.1. The van der Waals surface area contributed by atoms with E-state index in [9.17, 15) is 4.79 Å². The number of hydrogen-bond acceptors (Lipinski definition) is 1. The lowest BCUT2D eigenvalue weighted by atomic mass is 10.1. The molecule has 0 aliphatic carbocycles. The van der Waals surface area contributed by atoms with E-state index in [1.165, 1.54) is 5.56 Å². The van der Waals surface area contributed by atoms with Crippen molar-refractivity contribution in [2.45, 2.75) is 19.3 Å². The predicted octanol–water partition coefficient (Wildman–Crippen LogP) is 2.80. The van der Waals surface area contributed by atoms with E-state index >= 15 is 0 Å². The molecule has 17 heavy (non-hydrogen) atoms. The van der Waals surface area contributed by atoms with Crippen molar-refractivity contribution in [3.05, 3.63) is 34.3 Å². The third kappa shape index (κ3) is 3.73. The van der Waals surface area contributed by atoms with Crippen molar-refractivity contribution in [3.63, 3.8) is 0 Å². The molecule has 1 aromatic carbocycles. The van der Waals surface area contributed by atoms with Crippen LogP contribution in [0, 0.1) is 0 Å². The maximum atomic E-state index is 11.7. The van der Waals surface area contributed by atoms with E-state index in [0.717, 1.165) is 36.8 Å². The Hall–Kier alpha value is -1.03. The summed E-state index contributed by atoms with van der Waals surface area (Å²) < 4.78 is 1.08. The molecular weight excluding hydrogens is 280 g/mol. The topological polar surface area (TPSA) is 32.3 Å². The van der Waals surface area contributed by atoms with Gasteiger partial charge in [0.25, 0.3) is 0 Å². The summed E-state index contributed by atoms with van der Waals surface area (Å²) in [5.41, 5.74) is 1.24. The number of carbonyl (C=O) groups excluding carboxylic acids is 1. The highest BCUT2D eigenvalue weighted by atomic mass is 79.9. The molecule has 0 radical (unpaired) electrons. The summed E-state index contributed by atoms with van der Waals surface area (Å²) in [6, 6.07) is 8.26. The van der Waals surface area contributed by atoms with Gasteiger partial charge in [-0.3, -0.25) is 0 Å². The second-order valence-corrected chi connectivity index (χ2v) is 5.22. The molecular formula is C13H17BrN2O. The van der Waals surface area contributed by atoms with Gasteiger partial charge >= 0.3 is 6.03 Å². The molecule has 0 spiro atoms. The molecule has 1 saturated heterocycles. The third-order valence-electron chi connectivity index (χ3n) is 2.97. The molecule has 2 amide bonds. The van der Waals surface area contributed by atoms with Crippen LogP contribution in [0.25, 0.3) is 0 Å². The first-order valence-corrected chi connectivity index (χ1v) is 6.82. The lowest BCUT2D eigenvalue weighted by Gasteiger charge is -2.16. The molecule has 1 fully saturated rings. The average molecular weight is 297 g/mol. The number of amides is 2. The molecule has 1 aromatic rings. The average Bonchev–Trinajstić information content (AvgIpc) is 2.82. The molecule has 1 aliphatic rings. The fourth-order valence-corrected chi connectivity index (χ4v) is 2.48. The molecule has 2 rings (SSSR count). The molecule has 0 aromatic heterocycles. The van der Waals surface area contributed by atoms with Gasteiger partial charge in [-0.1, -0.05) is 28.1 Å². The molecule has 0 unspecified atom stereocenters. The number of halogens is 1. The second-order valence-electron chi connectivity index (χ2n) is 4.31. The van der Waals surface area contributed by atoms with Crippen molar-refractivity contribution in [1.82, 2.24) is 10.2 Å². The lowest BCUT2D eigenvalue weighted by molar-refractivity contribution is 0.209. The minimum Gasteiger partial charge on any atom is -0.338 e. The van der Waals surface area contributed by atoms with E-state index in [4.69, 9.17) is 0 Å². The normalized spacial score (nSPS) is 15.0. The van der Waals surface area contributed by atoms with E-state index in [1.54, 1.807) is 0 Å². The Morgan fingerprint density at radius 1 is 1.35 bits per heavy atom. The first-order valence-electron chi connectivity index (χ1n) is 6.03. The lowest BCUT2D eigenvalue weighted by Crippen LogP contribution is -2.38. The van der Waals surface area contributed by atoms with Gasteiger partial charge in [-0.25, -0.2) is 4.79 Å². The summed E-state index contributed by atoms with van der Waals surface area (Å²) in [5, 5.41) is 2.96. The number of hydrogen-bond donors (Lipinski definition) is 1. The fourth-order valence-electron chi connectivity index (χ4n) is 2.04. The number of nitrogens with zero attached hydrogens (tertiary/aromatic N) is 1. The minimum absolute atomic E-state index is 0.0810. The van der Waals surface area contributed by atoms with Crippen LogP contribution >= 0.6 is 15.9 Å². The number of nitrogens with one attached hydrogen (secondary N) is 1. The molecule has 1 N–H and O–H groups in total. The van der Waals surface area contributed by atoms with Gasteiger partial charge in [0.15, 0.2) is 0 Å². The quantitative estimate of drug-likeness (QED) is 0.914. The zero-order valence-electron chi connectivity index (χ0n) is 9.79. The first-order chi connectivity index (χ1) is 8.25. The van der Waals surface area contributed by atoms with Gasteiger partial charge in [0.1, 0.15) is 0 Å². The predicted molar refractivity (Wildman–Crippen MR) is 72.1 cm³/mol. The number of likely N-dealkylation sites (tertiary alicyclic amines) is 1. The highest BCUT2D eigenvalue weighted by Crippen LogP contribution is 2.12. The van der Waals surface area contributed by atoms with Crippen LogP contribution in [0.15, 0.2) is 28.7 Å². The molecule has 0 atom stereocenters. The van der Waals surface area contributed by atoms with E-state index in [1.807, 2.05) is 17.0 Å². The Balaban J connectivity index is 1.73. The molecule has 1 aliphatic heterocycles. The number of carbonyl (C=O) groups is 1. The van der Waals surface area contributed by atoms with E-state index < -0.39 is 0 Å². The van der Waals surface area contributed by atoms with Gasteiger partial charge in [-0.05, 0) is 37.0 Å². The van der Waals surface area contributed by atoms with Crippen molar-refractivity contribution in [3.8, 4) is 0 Å². The van der Waals surface area contributed by atoms with Gasteiger partial charge in [-0.15, -0.1) is 0 Å². The van der Waals surface area contributed by atoms with E-state index in [0.29, 0.717) is 6.54 Å². The monoisotopic (exact) mass is 296 g/mol. The Kier molecular flexibility index (Phi) is 4.42. The molecule has 0 bridgehead atoms. The van der Waals surface area contributed by atoms with Gasteiger partial charge in [0, 0.05) is 24.1 Å². The van der Waals surface area contributed by atoms with Crippen molar-refractivity contribution in [2.24, 2.45) is 0 Å². The second kappa shape index (κ2) is 6.05. The smallest absolute Gasteiger partial charge is 0.317 e. The first kappa shape index (κ1) is 12.4. The van der Waals surface area contributed by atoms with Crippen LogP contribution in [0.1, 0.15) is 18.4 Å². The third-order valence-corrected chi connectivity index (χ3v) is 3.47. The Bertz CT molecular complexity index is 389. The van der Waals surface area contributed by atoms with Crippen LogP contribution in [0.4, 0.5) is 4.79 Å².